The third-order valence-electron chi connectivity index (χ3n) is 7.41. The molecule has 6 nitrogen and oxygen atoms in total. The van der Waals surface area contributed by atoms with Crippen molar-refractivity contribution in [2.45, 2.75) is 44.8 Å². The van der Waals surface area contributed by atoms with Gasteiger partial charge in [0.05, 0.1) is 36.1 Å². The lowest BCUT2D eigenvalue weighted by Crippen LogP contribution is -2.47. The van der Waals surface area contributed by atoms with E-state index < -0.39 is 16.1 Å². The van der Waals surface area contributed by atoms with Crippen molar-refractivity contribution in [2.24, 2.45) is 11.3 Å². The Kier molecular flexibility index (Phi) is 4.19. The summed E-state index contributed by atoms with van der Waals surface area (Å²) in [6, 6.07) is 8.53. The molecule has 1 spiro atoms. The average molecular weight is 402 g/mol. The Bertz CT molecular complexity index is 992. The van der Waals surface area contributed by atoms with Crippen molar-refractivity contribution in [1.29, 1.82) is 0 Å². The van der Waals surface area contributed by atoms with Gasteiger partial charge in [0.15, 0.2) is 0 Å². The zero-order chi connectivity index (χ0) is 19.5. The number of fused-ring (bicyclic) bond motifs is 3. The molecule has 1 aliphatic carbocycles. The first kappa shape index (κ1) is 18.3. The van der Waals surface area contributed by atoms with Gasteiger partial charge in [-0.15, -0.1) is 0 Å². The standard InChI is InChI=1S/C21H27N3O3S/c1-2-28(26,27)23-11-9-21(10-12-23)8-7-17(20(21)25)19-16-6-4-3-5-15(16)18-13-22-14-24(18)19/h3-6,13-14,17,19-20,25H,2,7-12H2,1H3/t17-,19?,20-/m1/s1. The molecule has 3 aliphatic rings. The summed E-state index contributed by atoms with van der Waals surface area (Å²) in [4.78, 5) is 4.35. The molecule has 1 aromatic heterocycles. The summed E-state index contributed by atoms with van der Waals surface area (Å²) in [5.74, 6) is 0.277. The summed E-state index contributed by atoms with van der Waals surface area (Å²) >= 11 is 0. The number of hydrogen-bond acceptors (Lipinski definition) is 4. The Balaban J connectivity index is 1.42. The van der Waals surface area contributed by atoms with Crippen LogP contribution < -0.4 is 0 Å². The molecule has 2 aliphatic heterocycles. The van der Waals surface area contributed by atoms with E-state index in [0.717, 1.165) is 31.4 Å². The van der Waals surface area contributed by atoms with Crippen LogP contribution in [0.25, 0.3) is 11.3 Å². The maximum atomic E-state index is 12.2. The molecule has 0 bridgehead atoms. The first-order chi connectivity index (χ1) is 13.5. The fraction of sp³-hybridized carbons (Fsp3) is 0.571. The van der Waals surface area contributed by atoms with Crippen molar-refractivity contribution in [3.05, 3.63) is 42.4 Å². The normalized spacial score (nSPS) is 29.1. The number of aliphatic hydroxyl groups excluding tert-OH is 1. The van der Waals surface area contributed by atoms with E-state index in [0.29, 0.717) is 13.1 Å². The summed E-state index contributed by atoms with van der Waals surface area (Å²) in [5.41, 5.74) is 3.44. The monoisotopic (exact) mass is 401 g/mol. The van der Waals surface area contributed by atoms with Gasteiger partial charge in [-0.05, 0) is 43.6 Å². The van der Waals surface area contributed by atoms with E-state index in [4.69, 9.17) is 0 Å². The second-order valence-corrected chi connectivity index (χ2v) is 10.8. The zero-order valence-corrected chi connectivity index (χ0v) is 17.0. The molecule has 7 heteroatoms. The van der Waals surface area contributed by atoms with E-state index in [2.05, 4.69) is 33.8 Å². The van der Waals surface area contributed by atoms with Crippen LogP contribution in [0.5, 0.6) is 0 Å². The highest BCUT2D eigenvalue weighted by Crippen LogP contribution is 2.55. The minimum absolute atomic E-state index is 0.112. The third kappa shape index (κ3) is 2.52. The molecule has 0 radical (unpaired) electrons. The largest absolute Gasteiger partial charge is 0.392 e. The van der Waals surface area contributed by atoms with Crippen LogP contribution >= 0.6 is 0 Å². The predicted molar refractivity (Wildman–Crippen MR) is 107 cm³/mol. The second-order valence-electron chi connectivity index (χ2n) is 8.53. The summed E-state index contributed by atoms with van der Waals surface area (Å²) in [5, 5.41) is 11.5. The molecule has 1 saturated heterocycles. The van der Waals surface area contributed by atoms with Crippen LogP contribution in [-0.2, 0) is 10.0 Å². The quantitative estimate of drug-likeness (QED) is 0.858. The molecule has 3 heterocycles. The van der Waals surface area contributed by atoms with Gasteiger partial charge in [-0.3, -0.25) is 0 Å². The number of rotatable bonds is 3. The molecule has 1 aromatic carbocycles. The van der Waals surface area contributed by atoms with Crippen molar-refractivity contribution in [2.75, 3.05) is 18.8 Å². The number of benzene rings is 1. The summed E-state index contributed by atoms with van der Waals surface area (Å²) in [6.07, 6.45) is 6.77. The van der Waals surface area contributed by atoms with Crippen molar-refractivity contribution < 1.29 is 13.5 Å². The highest BCUT2D eigenvalue weighted by Gasteiger charge is 2.53. The van der Waals surface area contributed by atoms with Crippen LogP contribution in [0.1, 0.15) is 44.2 Å². The molecule has 1 saturated carbocycles. The van der Waals surface area contributed by atoms with E-state index in [1.54, 1.807) is 11.2 Å². The number of imidazole rings is 1. The number of nitrogens with zero attached hydrogens (tertiary/aromatic N) is 3. The number of aromatic nitrogens is 2. The Morgan fingerprint density at radius 1 is 1.21 bits per heavy atom. The van der Waals surface area contributed by atoms with Crippen LogP contribution in [0.4, 0.5) is 0 Å². The molecule has 0 amide bonds. The fourth-order valence-electron chi connectivity index (χ4n) is 5.79. The van der Waals surface area contributed by atoms with Crippen molar-refractivity contribution in [3.63, 3.8) is 0 Å². The molecule has 2 fully saturated rings. The van der Waals surface area contributed by atoms with Gasteiger partial charge < -0.3 is 9.67 Å². The van der Waals surface area contributed by atoms with Gasteiger partial charge in [0.2, 0.25) is 10.0 Å². The molecule has 2 aromatic rings. The van der Waals surface area contributed by atoms with Crippen LogP contribution in [0, 0.1) is 11.3 Å². The van der Waals surface area contributed by atoms with Crippen LogP contribution in [0.3, 0.4) is 0 Å². The highest BCUT2D eigenvalue weighted by molar-refractivity contribution is 7.89. The first-order valence-corrected chi connectivity index (χ1v) is 11.8. The molecule has 5 rings (SSSR count). The van der Waals surface area contributed by atoms with Gasteiger partial charge in [0.1, 0.15) is 0 Å². The molecular formula is C21H27N3O3S. The summed E-state index contributed by atoms with van der Waals surface area (Å²) in [7, 11) is -3.15. The smallest absolute Gasteiger partial charge is 0.213 e. The van der Waals surface area contributed by atoms with E-state index >= 15 is 0 Å². The lowest BCUT2D eigenvalue weighted by atomic mass is 9.73. The van der Waals surface area contributed by atoms with Crippen molar-refractivity contribution >= 4 is 10.0 Å². The first-order valence-electron chi connectivity index (χ1n) is 10.2. The highest BCUT2D eigenvalue weighted by atomic mass is 32.2. The van der Waals surface area contributed by atoms with Crippen LogP contribution in [-0.4, -0.2) is 52.3 Å². The van der Waals surface area contributed by atoms with Gasteiger partial charge in [-0.25, -0.2) is 17.7 Å². The maximum absolute atomic E-state index is 12.2. The maximum Gasteiger partial charge on any atom is 0.213 e. The topological polar surface area (TPSA) is 75.4 Å². The third-order valence-corrected chi connectivity index (χ3v) is 9.29. The van der Waals surface area contributed by atoms with E-state index in [1.807, 2.05) is 12.5 Å². The van der Waals surface area contributed by atoms with Gasteiger partial charge in [0, 0.05) is 24.6 Å². The van der Waals surface area contributed by atoms with Crippen LogP contribution in [0.2, 0.25) is 0 Å². The molecule has 1 N–H and O–H groups in total. The SMILES string of the molecule is CCS(=O)(=O)N1CCC2(CC[C@H](C3c4ccccc4-c4cncn43)[C@H]2O)CC1. The number of aliphatic hydroxyl groups is 1. The molecule has 1 unspecified atom stereocenters. The Labute approximate surface area is 166 Å². The van der Waals surface area contributed by atoms with Crippen molar-refractivity contribution in [3.8, 4) is 11.3 Å². The van der Waals surface area contributed by atoms with E-state index in [-0.39, 0.29) is 23.1 Å². The van der Waals surface area contributed by atoms with E-state index in [1.165, 1.54) is 11.1 Å². The molecular weight excluding hydrogens is 374 g/mol. The molecule has 3 atom stereocenters. The van der Waals surface area contributed by atoms with Gasteiger partial charge in [-0.1, -0.05) is 24.3 Å². The predicted octanol–water partition coefficient (Wildman–Crippen LogP) is 2.66. The Morgan fingerprint density at radius 3 is 2.71 bits per heavy atom. The summed E-state index contributed by atoms with van der Waals surface area (Å²) in [6.45, 7) is 2.75. The zero-order valence-electron chi connectivity index (χ0n) is 16.2. The van der Waals surface area contributed by atoms with Gasteiger partial charge in [-0.2, -0.15) is 0 Å². The number of piperidine rings is 1. The molecule has 28 heavy (non-hydrogen) atoms. The van der Waals surface area contributed by atoms with Gasteiger partial charge >= 0.3 is 0 Å². The average Bonchev–Trinajstić information content (AvgIpc) is 3.38. The minimum Gasteiger partial charge on any atom is -0.392 e. The minimum atomic E-state index is -3.15. The fourth-order valence-corrected chi connectivity index (χ4v) is 6.90. The number of sulfonamides is 1. The lowest BCUT2D eigenvalue weighted by molar-refractivity contribution is -0.0145. The number of hydrogen-bond donors (Lipinski definition) is 1. The molecule has 150 valence electrons. The Morgan fingerprint density at radius 2 is 1.96 bits per heavy atom. The second kappa shape index (κ2) is 6.40. The summed E-state index contributed by atoms with van der Waals surface area (Å²) < 4.78 is 28.2. The van der Waals surface area contributed by atoms with Crippen molar-refractivity contribution in [1.82, 2.24) is 13.9 Å². The van der Waals surface area contributed by atoms with E-state index in [9.17, 15) is 13.5 Å². The Hall–Kier alpha value is -1.70. The van der Waals surface area contributed by atoms with Gasteiger partial charge in [0.25, 0.3) is 0 Å². The van der Waals surface area contributed by atoms with Crippen LogP contribution in [0.15, 0.2) is 36.8 Å². The lowest BCUT2D eigenvalue weighted by Gasteiger charge is -2.42.